The van der Waals surface area contributed by atoms with Crippen LogP contribution in [0.1, 0.15) is 27.5 Å². The highest BCUT2D eigenvalue weighted by atomic mass is 32.1. The average molecular weight is 481 g/mol. The van der Waals surface area contributed by atoms with Gasteiger partial charge in [-0.1, -0.05) is 48.5 Å². The third kappa shape index (κ3) is 5.08. The summed E-state index contributed by atoms with van der Waals surface area (Å²) < 4.78 is 5.49. The maximum atomic E-state index is 12.4. The molecule has 0 aliphatic heterocycles. The number of aliphatic carboxylic acids is 1. The smallest absolute Gasteiger partial charge is 0.413 e. The average Bonchev–Trinajstić information content (AvgIpc) is 3.39. The number of carbonyl (C=O) groups is 3. The third-order valence-electron chi connectivity index (χ3n) is 5.44. The van der Waals surface area contributed by atoms with Crippen molar-refractivity contribution >= 4 is 34.4 Å². The normalized spacial score (nSPS) is 13.1. The molecule has 0 fully saturated rings. The zero-order valence-electron chi connectivity index (χ0n) is 18.6. The summed E-state index contributed by atoms with van der Waals surface area (Å²) in [7, 11) is 3.42. The summed E-state index contributed by atoms with van der Waals surface area (Å²) in [5, 5.41) is 15.9. The second-order valence-electron chi connectivity index (χ2n) is 8.11. The molecular formula is C24H24N4O5S. The van der Waals surface area contributed by atoms with E-state index in [0.29, 0.717) is 0 Å². The van der Waals surface area contributed by atoms with E-state index >= 15 is 0 Å². The number of fused-ring (bicyclic) bond motifs is 3. The number of rotatable bonds is 8. The standard InChI is InChI=1S/C24H24N4O5S/c1-28(2)11-19(22(30)31)25-21(29)20-13-34-23(26-20)27-24(32)33-12-18-16-9-5-3-7-14(16)15-8-4-6-10-17(15)18/h3-10,13,18-19H,11-12H2,1-2H3,(H,25,29)(H,30,31)(H,26,27,32)/t19-/m0/s1. The van der Waals surface area contributed by atoms with Crippen molar-refractivity contribution < 1.29 is 24.2 Å². The molecule has 34 heavy (non-hydrogen) atoms. The summed E-state index contributed by atoms with van der Waals surface area (Å²) in [5.74, 6) is -1.85. The van der Waals surface area contributed by atoms with E-state index in [4.69, 9.17) is 4.74 Å². The van der Waals surface area contributed by atoms with Crippen molar-refractivity contribution in [1.29, 1.82) is 0 Å². The zero-order chi connectivity index (χ0) is 24.2. The van der Waals surface area contributed by atoms with E-state index in [1.165, 1.54) is 5.38 Å². The number of carboxylic acid groups (broad SMARTS) is 1. The molecule has 2 amide bonds. The maximum Gasteiger partial charge on any atom is 0.413 e. The van der Waals surface area contributed by atoms with Crippen LogP contribution in [0.3, 0.4) is 0 Å². The highest BCUT2D eigenvalue weighted by molar-refractivity contribution is 7.14. The van der Waals surface area contributed by atoms with Gasteiger partial charge in [0.1, 0.15) is 18.3 Å². The number of carbonyl (C=O) groups excluding carboxylic acids is 2. The minimum Gasteiger partial charge on any atom is -0.480 e. The number of nitrogens with one attached hydrogen (secondary N) is 2. The van der Waals surface area contributed by atoms with Gasteiger partial charge in [0.2, 0.25) is 0 Å². The molecule has 3 N–H and O–H groups in total. The summed E-state index contributed by atoms with van der Waals surface area (Å²) in [6, 6.07) is 15.0. The van der Waals surface area contributed by atoms with E-state index in [9.17, 15) is 19.5 Å². The van der Waals surface area contributed by atoms with Gasteiger partial charge in [-0.25, -0.2) is 14.6 Å². The lowest BCUT2D eigenvalue weighted by molar-refractivity contribution is -0.139. The minimum absolute atomic E-state index is 0.0175. The minimum atomic E-state index is -1.14. The Bertz CT molecular complexity index is 1180. The molecule has 176 valence electrons. The monoisotopic (exact) mass is 480 g/mol. The fourth-order valence-electron chi connectivity index (χ4n) is 3.94. The van der Waals surface area contributed by atoms with Crippen LogP contribution in [0.4, 0.5) is 9.93 Å². The Labute approximate surface area is 200 Å². The first-order valence-corrected chi connectivity index (χ1v) is 11.5. The maximum absolute atomic E-state index is 12.4. The lowest BCUT2D eigenvalue weighted by Gasteiger charge is -2.17. The first-order chi connectivity index (χ1) is 16.3. The van der Waals surface area contributed by atoms with Crippen molar-refractivity contribution in [3.8, 4) is 11.1 Å². The predicted molar refractivity (Wildman–Crippen MR) is 128 cm³/mol. The van der Waals surface area contributed by atoms with Crippen LogP contribution in [0, 0.1) is 0 Å². The van der Waals surface area contributed by atoms with Crippen LogP contribution in [0.5, 0.6) is 0 Å². The summed E-state index contributed by atoms with van der Waals surface area (Å²) >= 11 is 1.05. The van der Waals surface area contributed by atoms with Crippen LogP contribution in [0.25, 0.3) is 11.1 Å². The van der Waals surface area contributed by atoms with Crippen molar-refractivity contribution in [3.05, 3.63) is 70.7 Å². The molecule has 0 unspecified atom stereocenters. The molecule has 4 rings (SSSR count). The van der Waals surface area contributed by atoms with Gasteiger partial charge in [0.15, 0.2) is 5.13 Å². The highest BCUT2D eigenvalue weighted by Crippen LogP contribution is 2.44. The van der Waals surface area contributed by atoms with Gasteiger partial charge < -0.3 is 20.1 Å². The lowest BCUT2D eigenvalue weighted by atomic mass is 9.98. The second kappa shape index (κ2) is 10.0. The summed E-state index contributed by atoms with van der Waals surface area (Å²) in [5.41, 5.74) is 4.50. The van der Waals surface area contributed by atoms with E-state index in [1.807, 2.05) is 36.4 Å². The number of ether oxygens (including phenoxy) is 1. The summed E-state index contributed by atoms with van der Waals surface area (Å²) in [6.07, 6.45) is -0.681. The van der Waals surface area contributed by atoms with Crippen molar-refractivity contribution in [2.75, 3.05) is 32.6 Å². The number of anilines is 1. The molecule has 10 heteroatoms. The van der Waals surface area contributed by atoms with Gasteiger partial charge in [-0.15, -0.1) is 11.3 Å². The predicted octanol–water partition coefficient (Wildman–Crippen LogP) is 3.25. The molecule has 0 spiro atoms. The van der Waals surface area contributed by atoms with E-state index in [0.717, 1.165) is 33.6 Å². The summed E-state index contributed by atoms with van der Waals surface area (Å²) in [4.78, 5) is 41.9. The number of thiazole rings is 1. The van der Waals surface area contributed by atoms with Gasteiger partial charge in [-0.2, -0.15) is 0 Å². The lowest BCUT2D eigenvalue weighted by Crippen LogP contribution is -2.47. The van der Waals surface area contributed by atoms with Crippen molar-refractivity contribution in [2.24, 2.45) is 0 Å². The second-order valence-corrected chi connectivity index (χ2v) is 8.97. The van der Waals surface area contributed by atoms with Crippen molar-refractivity contribution in [1.82, 2.24) is 15.2 Å². The number of benzene rings is 2. The molecule has 2 aromatic carbocycles. The topological polar surface area (TPSA) is 121 Å². The van der Waals surface area contributed by atoms with E-state index in [-0.39, 0.29) is 29.9 Å². The molecule has 0 saturated heterocycles. The van der Waals surface area contributed by atoms with Crippen LogP contribution in [-0.4, -0.2) is 66.2 Å². The van der Waals surface area contributed by atoms with Crippen molar-refractivity contribution in [2.45, 2.75) is 12.0 Å². The largest absolute Gasteiger partial charge is 0.480 e. The summed E-state index contributed by atoms with van der Waals surface area (Å²) in [6.45, 7) is 0.291. The molecule has 1 aliphatic carbocycles. The molecule has 0 saturated carbocycles. The van der Waals surface area contributed by atoms with Crippen molar-refractivity contribution in [3.63, 3.8) is 0 Å². The first-order valence-electron chi connectivity index (χ1n) is 10.6. The number of amides is 2. The Hall–Kier alpha value is -3.76. The number of hydrogen-bond acceptors (Lipinski definition) is 7. The molecule has 1 aliphatic rings. The molecule has 0 bridgehead atoms. The Morgan fingerprint density at radius 2 is 1.71 bits per heavy atom. The molecular weight excluding hydrogens is 456 g/mol. The van der Waals surface area contributed by atoms with Crippen LogP contribution < -0.4 is 10.6 Å². The third-order valence-corrected chi connectivity index (χ3v) is 6.20. The SMILES string of the molecule is CN(C)C[C@H](NC(=O)c1csc(NC(=O)OCC2c3ccccc3-c3ccccc32)n1)C(=O)O. The van der Waals surface area contributed by atoms with Gasteiger partial charge in [0, 0.05) is 17.8 Å². The highest BCUT2D eigenvalue weighted by Gasteiger charge is 2.29. The fraction of sp³-hybridized carbons (Fsp3) is 0.250. The van der Waals surface area contributed by atoms with Gasteiger partial charge in [-0.05, 0) is 36.3 Å². The van der Waals surface area contributed by atoms with Crippen LogP contribution >= 0.6 is 11.3 Å². The van der Waals surface area contributed by atoms with E-state index < -0.39 is 24.0 Å². The Morgan fingerprint density at radius 1 is 1.09 bits per heavy atom. The Morgan fingerprint density at radius 3 is 2.29 bits per heavy atom. The molecule has 9 nitrogen and oxygen atoms in total. The Kier molecular flexibility index (Phi) is 6.90. The van der Waals surface area contributed by atoms with E-state index in [2.05, 4.69) is 27.8 Å². The quantitative estimate of drug-likeness (QED) is 0.453. The number of likely N-dealkylation sites (N-methyl/N-ethyl adjacent to an activating group) is 1. The van der Waals surface area contributed by atoms with Crippen LogP contribution in [-0.2, 0) is 9.53 Å². The number of carboxylic acids is 1. The van der Waals surface area contributed by atoms with Gasteiger partial charge >= 0.3 is 12.1 Å². The van der Waals surface area contributed by atoms with Gasteiger partial charge in [0.25, 0.3) is 5.91 Å². The van der Waals surface area contributed by atoms with E-state index in [1.54, 1.807) is 19.0 Å². The number of hydrogen-bond donors (Lipinski definition) is 3. The number of aromatic nitrogens is 1. The van der Waals surface area contributed by atoms with Crippen LogP contribution in [0.15, 0.2) is 53.9 Å². The number of nitrogens with zero attached hydrogens (tertiary/aromatic N) is 2. The molecule has 0 radical (unpaired) electrons. The van der Waals surface area contributed by atoms with Gasteiger partial charge in [-0.3, -0.25) is 10.1 Å². The van der Waals surface area contributed by atoms with Gasteiger partial charge in [0.05, 0.1) is 0 Å². The first kappa shape index (κ1) is 23.4. The molecule has 1 heterocycles. The van der Waals surface area contributed by atoms with Crippen LogP contribution in [0.2, 0.25) is 0 Å². The Balaban J connectivity index is 1.36. The fourth-order valence-corrected chi connectivity index (χ4v) is 4.62. The molecule has 3 aromatic rings. The zero-order valence-corrected chi connectivity index (χ0v) is 19.5. The molecule has 1 atom stereocenters. The molecule has 1 aromatic heterocycles.